The highest BCUT2D eigenvalue weighted by Crippen LogP contribution is 2.30. The van der Waals surface area contributed by atoms with Crippen molar-refractivity contribution in [1.82, 2.24) is 14.5 Å². The van der Waals surface area contributed by atoms with Crippen molar-refractivity contribution >= 4 is 17.1 Å². The van der Waals surface area contributed by atoms with Gasteiger partial charge in [0.1, 0.15) is 6.61 Å². The fraction of sp³-hybridized carbons (Fsp3) is 0.609. The molecule has 6 nitrogen and oxygen atoms in total. The molecule has 4 rings (SSSR count). The summed E-state index contributed by atoms with van der Waals surface area (Å²) < 4.78 is 19.9. The van der Waals surface area contributed by atoms with Crippen LogP contribution in [0.25, 0.3) is 0 Å². The quantitative estimate of drug-likeness (QED) is 0.703. The number of ether oxygens (including phenoxy) is 1. The highest BCUT2D eigenvalue weighted by atomic mass is 32.2. The van der Waals surface area contributed by atoms with Crippen LogP contribution in [0.3, 0.4) is 0 Å². The van der Waals surface area contributed by atoms with Gasteiger partial charge in [-0.05, 0) is 49.2 Å². The highest BCUT2D eigenvalue weighted by Gasteiger charge is 2.32. The zero-order valence-electron chi connectivity index (χ0n) is 17.8. The van der Waals surface area contributed by atoms with Gasteiger partial charge < -0.3 is 9.64 Å². The molecule has 1 aromatic rings. The summed E-state index contributed by atoms with van der Waals surface area (Å²) in [7, 11) is -0.904. The van der Waals surface area contributed by atoms with Crippen LogP contribution >= 0.6 is 0 Å². The van der Waals surface area contributed by atoms with Gasteiger partial charge in [0, 0.05) is 45.0 Å². The van der Waals surface area contributed by atoms with Crippen molar-refractivity contribution in [2.75, 3.05) is 39.0 Å². The number of benzene rings is 1. The van der Waals surface area contributed by atoms with E-state index in [1.807, 2.05) is 30.3 Å². The minimum Gasteiger partial charge on any atom is -0.445 e. The molecule has 0 aromatic heterocycles. The van der Waals surface area contributed by atoms with Gasteiger partial charge in [0.15, 0.2) is 0 Å². The molecule has 3 aliphatic rings. The van der Waals surface area contributed by atoms with Gasteiger partial charge in [-0.3, -0.25) is 4.90 Å². The molecule has 1 atom stereocenters. The molecule has 0 bridgehead atoms. The summed E-state index contributed by atoms with van der Waals surface area (Å²) in [6.07, 6.45) is 7.34. The number of rotatable bonds is 6. The molecule has 2 heterocycles. The number of hydrogen-bond donors (Lipinski definition) is 1. The number of hydrogen-bond acceptors (Lipinski definition) is 4. The number of nitrogens with zero attached hydrogens (tertiary/aromatic N) is 2. The third-order valence-corrected chi connectivity index (χ3v) is 7.23. The van der Waals surface area contributed by atoms with E-state index in [0.29, 0.717) is 12.6 Å². The van der Waals surface area contributed by atoms with Gasteiger partial charge in [0.25, 0.3) is 0 Å². The first kappa shape index (κ1) is 21.5. The fourth-order valence-electron chi connectivity index (χ4n) is 4.81. The molecule has 2 saturated heterocycles. The lowest BCUT2D eigenvalue weighted by atomic mass is 9.86. The van der Waals surface area contributed by atoms with Crippen molar-refractivity contribution in [3.05, 3.63) is 47.0 Å². The molecule has 1 aliphatic carbocycles. The Morgan fingerprint density at radius 1 is 1.10 bits per heavy atom. The Bertz CT molecular complexity index is 782. The van der Waals surface area contributed by atoms with Gasteiger partial charge in [0.2, 0.25) is 0 Å². The molecule has 1 saturated carbocycles. The summed E-state index contributed by atoms with van der Waals surface area (Å²) in [5, 5.41) is 0. The maximum absolute atomic E-state index is 12.2. The predicted octanol–water partition coefficient (Wildman–Crippen LogP) is 3.08. The van der Waals surface area contributed by atoms with Crippen LogP contribution in [-0.2, 0) is 22.3 Å². The van der Waals surface area contributed by atoms with E-state index in [0.717, 1.165) is 56.9 Å². The van der Waals surface area contributed by atoms with Crippen molar-refractivity contribution < 1.29 is 13.7 Å². The van der Waals surface area contributed by atoms with Crippen LogP contribution in [0, 0.1) is 5.92 Å². The van der Waals surface area contributed by atoms with Crippen molar-refractivity contribution in [2.24, 2.45) is 5.92 Å². The second-order valence-corrected chi connectivity index (χ2v) is 10.0. The average molecular weight is 432 g/mol. The average Bonchev–Trinajstić information content (AvgIpc) is 3.15. The number of likely N-dealkylation sites (tertiary alicyclic amines) is 2. The Morgan fingerprint density at radius 2 is 1.83 bits per heavy atom. The molecule has 0 radical (unpaired) electrons. The predicted molar refractivity (Wildman–Crippen MR) is 119 cm³/mol. The van der Waals surface area contributed by atoms with E-state index >= 15 is 0 Å². The molecule has 3 fully saturated rings. The first-order valence-electron chi connectivity index (χ1n) is 11.0. The summed E-state index contributed by atoms with van der Waals surface area (Å²) in [6.45, 7) is 5.14. The lowest BCUT2D eigenvalue weighted by Crippen LogP contribution is -2.45. The standard InChI is InChI=1S/C23H33N3O3S/c1-30(28)24-22-9-7-18(8-10-22)13-25-12-11-20(14-25)21-15-26(16-21)23(27)29-17-19-5-3-2-4-6-19/h2-6,18,22,24H,7-17H2,1H3. The van der Waals surface area contributed by atoms with E-state index in [1.54, 1.807) is 11.2 Å². The topological polar surface area (TPSA) is 61.9 Å². The maximum atomic E-state index is 12.2. The largest absolute Gasteiger partial charge is 0.445 e. The van der Waals surface area contributed by atoms with E-state index in [4.69, 9.17) is 4.74 Å². The summed E-state index contributed by atoms with van der Waals surface area (Å²) in [4.78, 5) is 16.6. The number of amides is 1. The highest BCUT2D eigenvalue weighted by molar-refractivity contribution is 7.82. The summed E-state index contributed by atoms with van der Waals surface area (Å²) in [5.74, 6) is 0.753. The third-order valence-electron chi connectivity index (χ3n) is 6.57. The second kappa shape index (κ2) is 10.1. The second-order valence-electron chi connectivity index (χ2n) is 8.88. The molecule has 30 heavy (non-hydrogen) atoms. The van der Waals surface area contributed by atoms with Crippen molar-refractivity contribution in [1.29, 1.82) is 0 Å². The molecule has 1 aromatic carbocycles. The van der Waals surface area contributed by atoms with Gasteiger partial charge in [-0.25, -0.2) is 13.7 Å². The van der Waals surface area contributed by atoms with Crippen molar-refractivity contribution in [3.63, 3.8) is 0 Å². The lowest BCUT2D eigenvalue weighted by molar-refractivity contribution is 0.0900. The van der Waals surface area contributed by atoms with Gasteiger partial charge in [-0.2, -0.15) is 0 Å². The Labute approximate surface area is 182 Å². The molecule has 2 aliphatic heterocycles. The van der Waals surface area contributed by atoms with E-state index in [-0.39, 0.29) is 6.09 Å². The molecule has 164 valence electrons. The van der Waals surface area contributed by atoms with E-state index in [2.05, 4.69) is 9.62 Å². The van der Waals surface area contributed by atoms with Gasteiger partial charge in [-0.15, -0.1) is 0 Å². The zero-order chi connectivity index (χ0) is 20.9. The van der Waals surface area contributed by atoms with Crippen LogP contribution in [0.2, 0.25) is 0 Å². The minimum absolute atomic E-state index is 0.212. The molecular formula is C23H33N3O3S. The number of carbonyl (C=O) groups is 1. The Hall–Kier alpha value is -1.70. The normalized spacial score (nSPS) is 25.8. The van der Waals surface area contributed by atoms with Crippen LogP contribution < -0.4 is 4.72 Å². The van der Waals surface area contributed by atoms with E-state index < -0.39 is 11.0 Å². The number of nitrogens with one attached hydrogen (secondary N) is 1. The van der Waals surface area contributed by atoms with Crippen LogP contribution in [0.4, 0.5) is 4.79 Å². The molecule has 1 N–H and O–H groups in total. The maximum Gasteiger partial charge on any atom is 0.410 e. The molecule has 1 amide bonds. The zero-order valence-corrected chi connectivity index (χ0v) is 18.7. The lowest BCUT2D eigenvalue weighted by Gasteiger charge is -2.35. The summed E-state index contributed by atoms with van der Waals surface area (Å²) in [6, 6.07) is 10.2. The molecule has 1 unspecified atom stereocenters. The summed E-state index contributed by atoms with van der Waals surface area (Å²) >= 11 is 0. The molecule has 7 heteroatoms. The Kier molecular flexibility index (Phi) is 7.23. The van der Waals surface area contributed by atoms with Gasteiger partial charge >= 0.3 is 6.09 Å². The first-order chi connectivity index (χ1) is 14.6. The van der Waals surface area contributed by atoms with E-state index in [1.165, 1.54) is 30.5 Å². The molecular weight excluding hydrogens is 398 g/mol. The summed E-state index contributed by atoms with van der Waals surface area (Å²) in [5.41, 5.74) is 3.97. The minimum atomic E-state index is -0.904. The third kappa shape index (κ3) is 5.71. The fourth-order valence-corrected chi connectivity index (χ4v) is 5.51. The number of carbonyl (C=O) groups excluding carboxylic acids is 1. The van der Waals surface area contributed by atoms with Crippen LogP contribution in [0.15, 0.2) is 41.5 Å². The Morgan fingerprint density at radius 3 is 2.53 bits per heavy atom. The Balaban J connectivity index is 1.16. The SMILES string of the molecule is CS(=O)NC1CCC(CN2CCC(=C3CN(C(=O)OCc4ccccc4)C3)C2)CC1. The van der Waals surface area contributed by atoms with Crippen LogP contribution in [0.5, 0.6) is 0 Å². The van der Waals surface area contributed by atoms with E-state index in [9.17, 15) is 9.00 Å². The van der Waals surface area contributed by atoms with Crippen molar-refractivity contribution in [3.8, 4) is 0 Å². The van der Waals surface area contributed by atoms with Gasteiger partial charge in [0.05, 0.1) is 11.0 Å². The monoisotopic (exact) mass is 431 g/mol. The molecule has 0 spiro atoms. The van der Waals surface area contributed by atoms with Crippen molar-refractivity contribution in [2.45, 2.75) is 44.8 Å². The van der Waals surface area contributed by atoms with Crippen LogP contribution in [0.1, 0.15) is 37.7 Å². The van der Waals surface area contributed by atoms with Crippen LogP contribution in [-0.4, -0.2) is 65.1 Å². The smallest absolute Gasteiger partial charge is 0.410 e. The van der Waals surface area contributed by atoms with Gasteiger partial charge in [-0.1, -0.05) is 35.9 Å². The first-order valence-corrected chi connectivity index (χ1v) is 12.6.